The molecule has 0 aromatic carbocycles. The summed E-state index contributed by atoms with van der Waals surface area (Å²) in [4.78, 5) is 77.1. The minimum Gasteiger partial charge on any atom is -0.459 e. The molecule has 62 heavy (non-hydrogen) atoms. The van der Waals surface area contributed by atoms with Crippen molar-refractivity contribution in [2.24, 2.45) is 10.8 Å². The highest BCUT2D eigenvalue weighted by Gasteiger charge is 2.32. The molecule has 3 N–H and O–H groups in total. The summed E-state index contributed by atoms with van der Waals surface area (Å²) >= 11 is 0. The third-order valence-corrected chi connectivity index (χ3v) is 9.83. The van der Waals surface area contributed by atoms with Gasteiger partial charge in [-0.3, -0.25) is 48.5 Å². The smallest absolute Gasteiger partial charge is 0.323 e. The van der Waals surface area contributed by atoms with E-state index in [9.17, 15) is 24.0 Å². The van der Waals surface area contributed by atoms with Crippen molar-refractivity contribution in [1.29, 1.82) is 0 Å². The van der Waals surface area contributed by atoms with E-state index in [1.807, 2.05) is 73.3 Å². The summed E-state index contributed by atoms with van der Waals surface area (Å²) in [5.41, 5.74) is -1.61. The normalized spacial score (nSPS) is 16.7. The highest BCUT2D eigenvalue weighted by atomic mass is 16.6. The summed E-state index contributed by atoms with van der Waals surface area (Å²) in [7, 11) is 0. The molecule has 0 aromatic rings. The van der Waals surface area contributed by atoms with Gasteiger partial charge in [0, 0.05) is 117 Å². The van der Waals surface area contributed by atoms with Crippen LogP contribution in [0.4, 0.5) is 0 Å². The third-order valence-electron chi connectivity index (χ3n) is 9.83. The largest absolute Gasteiger partial charge is 0.459 e. The number of nitrogens with one attached hydrogen (secondary N) is 3. The van der Waals surface area contributed by atoms with Crippen LogP contribution < -0.4 is 16.0 Å². The van der Waals surface area contributed by atoms with Crippen molar-refractivity contribution in [3.05, 3.63) is 25.4 Å². The number of nitrogens with zero attached hydrogens (tertiary/aromatic N) is 5. The summed E-state index contributed by atoms with van der Waals surface area (Å²) in [6.45, 7) is 40.0. The van der Waals surface area contributed by atoms with Gasteiger partial charge in [0.1, 0.15) is 23.0 Å². The standard InChI is InChI=1S/C47H88N8O7/c1-15-22-51-26-27-53(36-38(56)34-44(3,4)5)28-29-54(37-42(59)61-46(9,10)11)31-33-55(32-30-51)39(43(60)62-47(12,13)14)17-18-40(57)49-20-24-52(23-19-48-16-2)25-21-50-41(58)35-45(6,7)8/h15-16,39,48H,1-2,17-37H2,3-14H3,(H,49,57)(H,50,58). The van der Waals surface area contributed by atoms with Crippen LogP contribution in [0.3, 0.4) is 0 Å². The highest BCUT2D eigenvalue weighted by molar-refractivity contribution is 5.81. The van der Waals surface area contributed by atoms with Crippen LogP contribution >= 0.6 is 0 Å². The zero-order valence-electron chi connectivity index (χ0n) is 41.1. The fraction of sp³-hybridized carbons (Fsp3) is 0.809. The van der Waals surface area contributed by atoms with Gasteiger partial charge in [0.05, 0.1) is 13.1 Å². The third kappa shape index (κ3) is 29.1. The number of hydrogen-bond donors (Lipinski definition) is 3. The van der Waals surface area contributed by atoms with Crippen LogP contribution in [0.25, 0.3) is 0 Å². The van der Waals surface area contributed by atoms with Gasteiger partial charge in [-0.05, 0) is 65.0 Å². The van der Waals surface area contributed by atoms with E-state index >= 15 is 0 Å². The second-order valence-electron chi connectivity index (χ2n) is 21.1. The van der Waals surface area contributed by atoms with Crippen LogP contribution in [0.1, 0.15) is 109 Å². The molecule has 358 valence electrons. The molecular weight excluding hydrogens is 789 g/mol. The molecule has 15 heteroatoms. The minimum absolute atomic E-state index is 0.0161. The maximum Gasteiger partial charge on any atom is 0.323 e. The predicted octanol–water partition coefficient (Wildman–Crippen LogP) is 3.94. The van der Waals surface area contributed by atoms with Gasteiger partial charge in [-0.1, -0.05) is 54.2 Å². The van der Waals surface area contributed by atoms with Gasteiger partial charge in [-0.25, -0.2) is 0 Å². The Labute approximate surface area is 376 Å². The molecule has 0 spiro atoms. The molecule has 1 unspecified atom stereocenters. The molecule has 1 aliphatic rings. The number of ether oxygens (including phenoxy) is 2. The molecule has 0 aliphatic carbocycles. The molecule has 1 rings (SSSR count). The molecule has 0 bridgehead atoms. The highest BCUT2D eigenvalue weighted by Crippen LogP contribution is 2.20. The average molecular weight is 877 g/mol. The lowest BCUT2D eigenvalue weighted by atomic mass is 9.90. The van der Waals surface area contributed by atoms with E-state index < -0.39 is 23.2 Å². The Morgan fingerprint density at radius 2 is 1.11 bits per heavy atom. The fourth-order valence-corrected chi connectivity index (χ4v) is 7.09. The Hall–Kier alpha value is -3.37. The first kappa shape index (κ1) is 56.6. The molecule has 0 aromatic heterocycles. The van der Waals surface area contributed by atoms with Crippen molar-refractivity contribution >= 4 is 29.5 Å². The maximum absolute atomic E-state index is 14.1. The molecule has 15 nitrogen and oxygen atoms in total. The Bertz CT molecular complexity index is 1400. The fourth-order valence-electron chi connectivity index (χ4n) is 7.09. The molecule has 1 saturated heterocycles. The van der Waals surface area contributed by atoms with Crippen LogP contribution in [-0.4, -0.2) is 183 Å². The van der Waals surface area contributed by atoms with Gasteiger partial charge in [0.15, 0.2) is 0 Å². The van der Waals surface area contributed by atoms with Crippen LogP contribution in [0.2, 0.25) is 0 Å². The molecule has 0 radical (unpaired) electrons. The van der Waals surface area contributed by atoms with Crippen LogP contribution in [0, 0.1) is 10.8 Å². The van der Waals surface area contributed by atoms with Gasteiger partial charge >= 0.3 is 11.9 Å². The van der Waals surface area contributed by atoms with Crippen molar-refractivity contribution in [2.45, 2.75) is 126 Å². The van der Waals surface area contributed by atoms with Crippen molar-refractivity contribution < 1.29 is 33.4 Å². The molecule has 1 aliphatic heterocycles. The average Bonchev–Trinajstić information content (AvgIpc) is 3.09. The number of Topliss-reactive ketones (excluding diaryl/α,β-unsaturated/α-hetero) is 1. The van der Waals surface area contributed by atoms with Gasteiger partial charge in [0.2, 0.25) is 11.8 Å². The first-order valence-electron chi connectivity index (χ1n) is 22.8. The first-order valence-corrected chi connectivity index (χ1v) is 22.8. The molecular formula is C47H88N8O7. The number of hydrogen-bond acceptors (Lipinski definition) is 13. The molecule has 0 saturated carbocycles. The van der Waals surface area contributed by atoms with E-state index in [1.165, 1.54) is 0 Å². The molecule has 1 heterocycles. The summed E-state index contributed by atoms with van der Waals surface area (Å²) in [6, 6.07) is -0.721. The zero-order chi connectivity index (χ0) is 47.1. The summed E-state index contributed by atoms with van der Waals surface area (Å²) in [5.74, 6) is -0.711. The van der Waals surface area contributed by atoms with E-state index in [4.69, 9.17) is 9.47 Å². The van der Waals surface area contributed by atoms with Crippen molar-refractivity contribution in [1.82, 2.24) is 40.4 Å². The monoisotopic (exact) mass is 877 g/mol. The molecule has 1 atom stereocenters. The zero-order valence-corrected chi connectivity index (χ0v) is 41.1. The van der Waals surface area contributed by atoms with Crippen molar-refractivity contribution in [3.8, 4) is 0 Å². The van der Waals surface area contributed by atoms with Crippen molar-refractivity contribution in [3.63, 3.8) is 0 Å². The Kier molecular flexibility index (Phi) is 25.3. The Morgan fingerprint density at radius 1 is 0.629 bits per heavy atom. The number of carbonyl (C=O) groups excluding carboxylic acids is 5. The summed E-state index contributed by atoms with van der Waals surface area (Å²) < 4.78 is 11.7. The summed E-state index contributed by atoms with van der Waals surface area (Å²) in [5, 5.41) is 9.18. The minimum atomic E-state index is -0.744. The number of amides is 2. The van der Waals surface area contributed by atoms with Crippen LogP contribution in [0.15, 0.2) is 25.4 Å². The molecule has 1 fully saturated rings. The Morgan fingerprint density at radius 3 is 1.63 bits per heavy atom. The number of ketones is 1. The van der Waals surface area contributed by atoms with Gasteiger partial charge in [-0.2, -0.15) is 0 Å². The lowest BCUT2D eigenvalue weighted by molar-refractivity contribution is -0.163. The quantitative estimate of drug-likeness (QED) is 0.0773. The van der Waals surface area contributed by atoms with E-state index in [2.05, 4.69) is 69.5 Å². The maximum atomic E-state index is 14.1. The van der Waals surface area contributed by atoms with Crippen LogP contribution in [0.5, 0.6) is 0 Å². The van der Waals surface area contributed by atoms with Gasteiger partial charge in [-0.15, -0.1) is 6.58 Å². The van der Waals surface area contributed by atoms with E-state index in [0.717, 1.165) is 0 Å². The summed E-state index contributed by atoms with van der Waals surface area (Å²) in [6.07, 6.45) is 4.78. The second kappa shape index (κ2) is 27.7. The lowest BCUT2D eigenvalue weighted by Gasteiger charge is -2.37. The van der Waals surface area contributed by atoms with E-state index in [0.29, 0.717) is 118 Å². The van der Waals surface area contributed by atoms with Crippen LogP contribution in [-0.2, 0) is 33.4 Å². The first-order chi connectivity index (χ1) is 28.7. The number of carbonyl (C=O) groups is 5. The van der Waals surface area contributed by atoms with Gasteiger partial charge in [0.25, 0.3) is 0 Å². The number of rotatable bonds is 23. The predicted molar refractivity (Wildman–Crippen MR) is 250 cm³/mol. The SMILES string of the molecule is C=CCN1CCN(CC(=O)CC(C)(C)C)CCN(CC(=O)OC(C)(C)C)CCN(C(CCC(=O)NCCN(CCNC=C)CCNC(=O)CC(C)(C)C)C(=O)OC(C)(C)C)CC1. The number of esters is 2. The van der Waals surface area contributed by atoms with E-state index in [-0.39, 0.29) is 53.8 Å². The lowest BCUT2D eigenvalue weighted by Crippen LogP contribution is -2.52. The topological polar surface area (TPSA) is 156 Å². The second-order valence-corrected chi connectivity index (χ2v) is 21.1. The van der Waals surface area contributed by atoms with Gasteiger partial charge < -0.3 is 25.4 Å². The van der Waals surface area contributed by atoms with Crippen molar-refractivity contribution in [2.75, 3.05) is 111 Å². The Balaban J connectivity index is 3.27. The molecule has 2 amide bonds. The van der Waals surface area contributed by atoms with E-state index in [1.54, 1.807) is 6.20 Å².